The quantitative estimate of drug-likeness (QED) is 0.565. The van der Waals surface area contributed by atoms with Gasteiger partial charge in [-0.1, -0.05) is 23.2 Å². The number of ether oxygens (including phenoxy) is 2. The number of aryl methyl sites for hydroxylation is 1. The van der Waals surface area contributed by atoms with Gasteiger partial charge in [-0.15, -0.1) is 0 Å². The molecule has 0 aliphatic heterocycles. The summed E-state index contributed by atoms with van der Waals surface area (Å²) in [5.74, 6) is 0. The molecule has 0 aliphatic carbocycles. The summed E-state index contributed by atoms with van der Waals surface area (Å²) in [7, 11) is 1.67. The van der Waals surface area contributed by atoms with Crippen LogP contribution in [0.15, 0.2) is 12.1 Å². The molecule has 2 rings (SSSR count). The van der Waals surface area contributed by atoms with Gasteiger partial charge in [0.15, 0.2) is 4.77 Å². The van der Waals surface area contributed by atoms with E-state index in [1.54, 1.807) is 13.2 Å². The Kier molecular flexibility index (Phi) is 6.51. The number of benzene rings is 1. The zero-order valence-electron chi connectivity index (χ0n) is 11.8. The van der Waals surface area contributed by atoms with Crippen molar-refractivity contribution in [1.82, 2.24) is 9.55 Å². The number of rotatable bonds is 8. The molecule has 1 aromatic heterocycles. The Morgan fingerprint density at radius 2 is 1.90 bits per heavy atom. The smallest absolute Gasteiger partial charge is 0.178 e. The Balaban J connectivity index is 1.94. The summed E-state index contributed by atoms with van der Waals surface area (Å²) < 4.78 is 13.1. The third-order valence-corrected chi connectivity index (χ3v) is 4.21. The standard InChI is InChI=1S/C14H18Cl2N2O2S/c1-19-6-7-20-5-3-2-4-18-13-9-11(16)10(15)8-12(13)17-14(18)21/h8-9H,2-7H2,1H3,(H,17,21). The summed E-state index contributed by atoms with van der Waals surface area (Å²) in [6, 6.07) is 3.65. The average molecular weight is 349 g/mol. The van der Waals surface area contributed by atoms with Gasteiger partial charge in [-0.3, -0.25) is 0 Å². The fourth-order valence-electron chi connectivity index (χ4n) is 2.09. The topological polar surface area (TPSA) is 39.2 Å². The van der Waals surface area contributed by atoms with Crippen LogP contribution in [0.25, 0.3) is 11.0 Å². The van der Waals surface area contributed by atoms with Crippen LogP contribution in [0, 0.1) is 4.77 Å². The Bertz CT molecular complexity index is 654. The second-order valence-electron chi connectivity index (χ2n) is 4.68. The molecule has 0 spiro atoms. The number of H-pyrrole nitrogens is 1. The SMILES string of the molecule is COCCOCCCCn1c(=S)[nH]c2cc(Cl)c(Cl)cc21. The molecule has 0 saturated heterocycles. The number of halogens is 2. The molecule has 1 aromatic carbocycles. The van der Waals surface area contributed by atoms with Gasteiger partial charge in [0.05, 0.1) is 34.3 Å². The maximum absolute atomic E-state index is 6.08. The third-order valence-electron chi connectivity index (χ3n) is 3.17. The molecule has 0 bridgehead atoms. The van der Waals surface area contributed by atoms with E-state index in [1.165, 1.54) is 0 Å². The fourth-order valence-corrected chi connectivity index (χ4v) is 2.71. The molecule has 1 heterocycles. The van der Waals surface area contributed by atoms with Crippen LogP contribution in [0.2, 0.25) is 10.0 Å². The molecule has 0 fully saturated rings. The minimum Gasteiger partial charge on any atom is -0.382 e. The molecule has 0 atom stereocenters. The highest BCUT2D eigenvalue weighted by atomic mass is 35.5. The summed E-state index contributed by atoms with van der Waals surface area (Å²) in [5.41, 5.74) is 1.89. The summed E-state index contributed by atoms with van der Waals surface area (Å²) in [4.78, 5) is 3.15. The van der Waals surface area contributed by atoms with Crippen molar-refractivity contribution in [3.63, 3.8) is 0 Å². The van der Waals surface area contributed by atoms with Crippen LogP contribution >= 0.6 is 35.4 Å². The number of fused-ring (bicyclic) bond motifs is 1. The lowest BCUT2D eigenvalue weighted by atomic mass is 10.3. The van der Waals surface area contributed by atoms with Crippen molar-refractivity contribution in [1.29, 1.82) is 0 Å². The van der Waals surface area contributed by atoms with Gasteiger partial charge in [-0.2, -0.15) is 0 Å². The summed E-state index contributed by atoms with van der Waals surface area (Å²) in [6.07, 6.45) is 1.95. The largest absolute Gasteiger partial charge is 0.382 e. The first-order valence-electron chi connectivity index (χ1n) is 6.77. The van der Waals surface area contributed by atoms with Gasteiger partial charge in [-0.25, -0.2) is 0 Å². The van der Waals surface area contributed by atoms with Gasteiger partial charge >= 0.3 is 0 Å². The molecule has 0 unspecified atom stereocenters. The Morgan fingerprint density at radius 3 is 2.67 bits per heavy atom. The zero-order chi connectivity index (χ0) is 15.2. The predicted molar refractivity (Wildman–Crippen MR) is 89.1 cm³/mol. The second kappa shape index (κ2) is 8.15. The lowest BCUT2D eigenvalue weighted by Crippen LogP contribution is -2.04. The Labute approximate surface area is 138 Å². The number of unbranched alkanes of at least 4 members (excludes halogenated alkanes) is 1. The zero-order valence-corrected chi connectivity index (χ0v) is 14.2. The first-order chi connectivity index (χ1) is 10.1. The number of methoxy groups -OCH3 is 1. The molecule has 0 amide bonds. The molecule has 0 saturated carbocycles. The second-order valence-corrected chi connectivity index (χ2v) is 5.88. The lowest BCUT2D eigenvalue weighted by molar-refractivity contribution is 0.0684. The molecular weight excluding hydrogens is 331 g/mol. The molecule has 1 N–H and O–H groups in total. The molecule has 21 heavy (non-hydrogen) atoms. The highest BCUT2D eigenvalue weighted by Gasteiger charge is 2.07. The third kappa shape index (κ3) is 4.44. The van der Waals surface area contributed by atoms with Crippen LogP contribution in [-0.4, -0.2) is 36.5 Å². The minimum absolute atomic E-state index is 0.527. The first-order valence-corrected chi connectivity index (χ1v) is 7.94. The van der Waals surface area contributed by atoms with Crippen LogP contribution < -0.4 is 0 Å². The normalized spacial score (nSPS) is 11.4. The Morgan fingerprint density at radius 1 is 1.14 bits per heavy atom. The van der Waals surface area contributed by atoms with E-state index in [4.69, 9.17) is 44.9 Å². The summed E-state index contributed by atoms with van der Waals surface area (Å²) >= 11 is 17.4. The number of nitrogens with zero attached hydrogens (tertiary/aromatic N) is 1. The van der Waals surface area contributed by atoms with Crippen molar-refractivity contribution in [2.45, 2.75) is 19.4 Å². The number of hydrogen-bond donors (Lipinski definition) is 1. The number of nitrogens with one attached hydrogen (secondary N) is 1. The van der Waals surface area contributed by atoms with Crippen molar-refractivity contribution < 1.29 is 9.47 Å². The predicted octanol–water partition coefficient (Wildman–Crippen LogP) is 4.45. The van der Waals surface area contributed by atoms with E-state index in [-0.39, 0.29) is 0 Å². The molecule has 7 heteroatoms. The van der Waals surface area contributed by atoms with E-state index in [2.05, 4.69) is 4.98 Å². The van der Waals surface area contributed by atoms with Crippen molar-refractivity contribution in [2.75, 3.05) is 26.9 Å². The van der Waals surface area contributed by atoms with Crippen molar-refractivity contribution in [3.8, 4) is 0 Å². The van der Waals surface area contributed by atoms with E-state index < -0.39 is 0 Å². The van der Waals surface area contributed by atoms with Gasteiger partial charge in [0.2, 0.25) is 0 Å². The highest BCUT2D eigenvalue weighted by molar-refractivity contribution is 7.71. The number of aromatic nitrogens is 2. The van der Waals surface area contributed by atoms with Crippen molar-refractivity contribution in [3.05, 3.63) is 26.9 Å². The van der Waals surface area contributed by atoms with Gasteiger partial charge in [-0.05, 0) is 37.2 Å². The van der Waals surface area contributed by atoms with Gasteiger partial charge in [0.1, 0.15) is 0 Å². The number of imidazole rings is 1. The summed E-state index contributed by atoms with van der Waals surface area (Å²) in [6.45, 7) is 2.82. The maximum Gasteiger partial charge on any atom is 0.178 e. The van der Waals surface area contributed by atoms with Gasteiger partial charge < -0.3 is 19.0 Å². The maximum atomic E-state index is 6.08. The molecule has 4 nitrogen and oxygen atoms in total. The minimum atomic E-state index is 0.527. The number of aromatic amines is 1. The molecule has 116 valence electrons. The highest BCUT2D eigenvalue weighted by Crippen LogP contribution is 2.27. The average Bonchev–Trinajstić information content (AvgIpc) is 2.74. The first kappa shape index (κ1) is 16.8. The van der Waals surface area contributed by atoms with Crippen LogP contribution in [0.4, 0.5) is 0 Å². The van der Waals surface area contributed by atoms with Gasteiger partial charge in [0.25, 0.3) is 0 Å². The summed E-state index contributed by atoms with van der Waals surface area (Å²) in [5, 5.41) is 1.06. The van der Waals surface area contributed by atoms with E-state index in [0.29, 0.717) is 28.0 Å². The number of hydrogen-bond acceptors (Lipinski definition) is 3. The lowest BCUT2D eigenvalue weighted by Gasteiger charge is -2.06. The van der Waals surface area contributed by atoms with Crippen LogP contribution in [0.3, 0.4) is 0 Å². The van der Waals surface area contributed by atoms with E-state index in [9.17, 15) is 0 Å². The van der Waals surface area contributed by atoms with E-state index in [1.807, 2.05) is 10.6 Å². The Hall–Kier alpha value is -0.590. The monoisotopic (exact) mass is 348 g/mol. The van der Waals surface area contributed by atoms with Crippen LogP contribution in [0.5, 0.6) is 0 Å². The molecule has 2 aromatic rings. The molecule has 0 radical (unpaired) electrons. The van der Waals surface area contributed by atoms with Crippen molar-refractivity contribution in [2.24, 2.45) is 0 Å². The van der Waals surface area contributed by atoms with Crippen molar-refractivity contribution >= 4 is 46.5 Å². The fraction of sp³-hybridized carbons (Fsp3) is 0.500. The van der Waals surface area contributed by atoms with Crippen LogP contribution in [0.1, 0.15) is 12.8 Å². The molecular formula is C14H18Cl2N2O2S. The van der Waals surface area contributed by atoms with Gasteiger partial charge in [0, 0.05) is 20.3 Å². The van der Waals surface area contributed by atoms with Crippen LogP contribution in [-0.2, 0) is 16.0 Å². The molecule has 0 aliphatic rings. The van der Waals surface area contributed by atoms with E-state index in [0.717, 1.165) is 37.0 Å². The van der Waals surface area contributed by atoms with E-state index >= 15 is 0 Å².